The van der Waals surface area contributed by atoms with Gasteiger partial charge in [0.15, 0.2) is 16.5 Å². The Morgan fingerprint density at radius 2 is 1.33 bits per heavy atom. The predicted molar refractivity (Wildman–Crippen MR) is 86.9 cm³/mol. The molecular weight excluding hydrogens is 280 g/mol. The fourth-order valence-electron chi connectivity index (χ4n) is 2.87. The van der Waals surface area contributed by atoms with Gasteiger partial charge in [0.05, 0.1) is 5.56 Å². The van der Waals surface area contributed by atoms with Crippen molar-refractivity contribution in [2.24, 2.45) is 0 Å². The first-order chi connectivity index (χ1) is 9.82. The minimum atomic E-state index is -0.190. The van der Waals surface area contributed by atoms with Crippen molar-refractivity contribution >= 4 is 24.2 Å². The Labute approximate surface area is 129 Å². The van der Waals surface area contributed by atoms with Crippen LogP contribution in [0.5, 0.6) is 0 Å². The number of carbonyl (C=O) groups is 2. The molecule has 0 N–H and O–H groups in total. The molecule has 0 aromatic heterocycles. The fraction of sp³-hybridized carbons (Fsp3) is 0.222. The van der Waals surface area contributed by atoms with Gasteiger partial charge in [0.1, 0.15) is 0 Å². The maximum Gasteiger partial charge on any atom is 0.199 e. The van der Waals surface area contributed by atoms with Crippen LogP contribution in [0.1, 0.15) is 58.2 Å². The average Bonchev–Trinajstić information content (AvgIpc) is 2.43. The van der Waals surface area contributed by atoms with Crippen LogP contribution < -0.4 is 0 Å². The van der Waals surface area contributed by atoms with Gasteiger partial charge in [-0.3, -0.25) is 9.59 Å². The SMILES string of the molecule is CC(C)(C)c1cccc2c1C(=O)c1cccc([SH2+])c1C2=O. The molecule has 0 bridgehead atoms. The van der Waals surface area contributed by atoms with Gasteiger partial charge in [-0.1, -0.05) is 45.0 Å². The van der Waals surface area contributed by atoms with Crippen molar-refractivity contribution in [3.63, 3.8) is 0 Å². The zero-order valence-electron chi connectivity index (χ0n) is 12.3. The van der Waals surface area contributed by atoms with Crippen molar-refractivity contribution in [2.75, 3.05) is 0 Å². The summed E-state index contributed by atoms with van der Waals surface area (Å²) < 4.78 is 0. The van der Waals surface area contributed by atoms with E-state index in [4.69, 9.17) is 0 Å². The van der Waals surface area contributed by atoms with E-state index in [9.17, 15) is 9.59 Å². The molecule has 3 rings (SSSR count). The van der Waals surface area contributed by atoms with Gasteiger partial charge in [-0.15, -0.1) is 0 Å². The standard InChI is InChI=1S/C18H16O2S/c1-18(2,3)12-8-4-6-10-14(12)16(19)11-7-5-9-13(21)15(11)17(10)20/h4-9,21H,1-3H3/p+1. The molecule has 2 aromatic carbocycles. The number of rotatable bonds is 0. The highest BCUT2D eigenvalue weighted by Crippen LogP contribution is 2.35. The molecule has 1 aliphatic rings. The highest BCUT2D eigenvalue weighted by Gasteiger charge is 2.36. The first-order valence-electron chi connectivity index (χ1n) is 6.90. The Bertz CT molecular complexity index is 782. The van der Waals surface area contributed by atoms with Gasteiger partial charge in [-0.2, -0.15) is 0 Å². The smallest absolute Gasteiger partial charge is 0.199 e. The van der Waals surface area contributed by atoms with Crippen LogP contribution in [0.15, 0.2) is 41.3 Å². The molecule has 2 nitrogen and oxygen atoms in total. The van der Waals surface area contributed by atoms with E-state index in [0.717, 1.165) is 5.56 Å². The normalized spacial score (nSPS) is 13.9. The van der Waals surface area contributed by atoms with Crippen LogP contribution in [-0.4, -0.2) is 11.6 Å². The van der Waals surface area contributed by atoms with E-state index in [1.807, 2.05) is 12.1 Å². The number of hydrogen-bond acceptors (Lipinski definition) is 2. The van der Waals surface area contributed by atoms with Gasteiger partial charge in [-0.25, -0.2) is 0 Å². The second-order valence-electron chi connectivity index (χ2n) is 6.36. The molecule has 1 aliphatic carbocycles. The lowest BCUT2D eigenvalue weighted by molar-refractivity contribution is 0.0975. The Kier molecular flexibility index (Phi) is 3.06. The van der Waals surface area contributed by atoms with E-state index in [1.54, 1.807) is 24.3 Å². The predicted octanol–water partition coefficient (Wildman–Crippen LogP) is 3.13. The Morgan fingerprint density at radius 3 is 1.95 bits per heavy atom. The maximum absolute atomic E-state index is 12.9. The van der Waals surface area contributed by atoms with Crippen molar-refractivity contribution in [3.8, 4) is 0 Å². The van der Waals surface area contributed by atoms with Crippen molar-refractivity contribution in [2.45, 2.75) is 31.1 Å². The van der Waals surface area contributed by atoms with Gasteiger partial charge < -0.3 is 0 Å². The summed E-state index contributed by atoms with van der Waals surface area (Å²) in [5, 5.41) is 0. The lowest BCUT2D eigenvalue weighted by Crippen LogP contribution is -2.26. The van der Waals surface area contributed by atoms with E-state index in [-0.39, 0.29) is 17.0 Å². The lowest BCUT2D eigenvalue weighted by Gasteiger charge is -2.26. The number of carbonyl (C=O) groups excluding carboxylic acids is 2. The van der Waals surface area contributed by atoms with Crippen molar-refractivity contribution in [3.05, 3.63) is 64.2 Å². The van der Waals surface area contributed by atoms with Crippen LogP contribution in [0.4, 0.5) is 0 Å². The molecule has 0 heterocycles. The molecule has 0 amide bonds. The first kappa shape index (κ1) is 14.1. The Morgan fingerprint density at radius 1 is 0.810 bits per heavy atom. The molecule has 0 atom stereocenters. The number of ketones is 2. The molecule has 21 heavy (non-hydrogen) atoms. The third-order valence-electron chi connectivity index (χ3n) is 3.88. The van der Waals surface area contributed by atoms with Crippen LogP contribution in [0, 0.1) is 0 Å². The molecule has 106 valence electrons. The van der Waals surface area contributed by atoms with Gasteiger partial charge in [0, 0.05) is 16.7 Å². The van der Waals surface area contributed by atoms with Gasteiger partial charge in [0.25, 0.3) is 0 Å². The molecular formula is C18H17O2S+. The summed E-state index contributed by atoms with van der Waals surface area (Å²) in [5.41, 5.74) is 2.74. The van der Waals surface area contributed by atoms with Crippen LogP contribution in [0.25, 0.3) is 0 Å². The summed E-state index contributed by atoms with van der Waals surface area (Å²) in [7, 11) is 0. The van der Waals surface area contributed by atoms with Crippen molar-refractivity contribution < 1.29 is 9.59 Å². The van der Waals surface area contributed by atoms with Crippen LogP contribution >= 0.6 is 0 Å². The summed E-state index contributed by atoms with van der Waals surface area (Å²) in [6.07, 6.45) is 0. The summed E-state index contributed by atoms with van der Waals surface area (Å²) in [4.78, 5) is 26.3. The molecule has 3 heteroatoms. The van der Waals surface area contributed by atoms with E-state index < -0.39 is 0 Å². The zero-order valence-corrected chi connectivity index (χ0v) is 13.3. The third-order valence-corrected chi connectivity index (χ3v) is 4.30. The van der Waals surface area contributed by atoms with Crippen LogP contribution in [0.3, 0.4) is 0 Å². The number of benzene rings is 2. The van der Waals surface area contributed by atoms with Gasteiger partial charge in [0.2, 0.25) is 0 Å². The Hall–Kier alpha value is -1.87. The van der Waals surface area contributed by atoms with Crippen molar-refractivity contribution in [1.29, 1.82) is 0 Å². The summed E-state index contributed by atoms with van der Waals surface area (Å²) >= 11 is 3.44. The van der Waals surface area contributed by atoms with E-state index in [2.05, 4.69) is 33.4 Å². The zero-order chi connectivity index (χ0) is 15.4. The third kappa shape index (κ3) is 2.04. The molecule has 0 saturated heterocycles. The van der Waals surface area contributed by atoms with E-state index >= 15 is 0 Å². The second-order valence-corrected chi connectivity index (χ2v) is 6.90. The average molecular weight is 297 g/mol. The number of fused-ring (bicyclic) bond motifs is 2. The van der Waals surface area contributed by atoms with E-state index in [0.29, 0.717) is 27.1 Å². The Balaban J connectivity index is 2.36. The molecule has 0 fully saturated rings. The molecule has 0 unspecified atom stereocenters. The lowest BCUT2D eigenvalue weighted by atomic mass is 9.75. The topological polar surface area (TPSA) is 34.1 Å². The van der Waals surface area contributed by atoms with E-state index in [1.165, 1.54) is 0 Å². The molecule has 0 saturated carbocycles. The minimum Gasteiger partial charge on any atom is -0.289 e. The quantitative estimate of drug-likeness (QED) is 0.597. The largest absolute Gasteiger partial charge is 0.289 e. The maximum atomic E-state index is 12.9. The highest BCUT2D eigenvalue weighted by molar-refractivity contribution is 7.59. The van der Waals surface area contributed by atoms with Gasteiger partial charge in [-0.05, 0) is 35.7 Å². The second kappa shape index (κ2) is 4.57. The van der Waals surface area contributed by atoms with Crippen LogP contribution in [0.2, 0.25) is 0 Å². The highest BCUT2D eigenvalue weighted by atomic mass is 32.1. The summed E-state index contributed by atoms with van der Waals surface area (Å²) in [6, 6.07) is 10.8. The molecule has 0 spiro atoms. The summed E-state index contributed by atoms with van der Waals surface area (Å²) in [5.74, 6) is -0.151. The van der Waals surface area contributed by atoms with Crippen molar-refractivity contribution in [1.82, 2.24) is 0 Å². The van der Waals surface area contributed by atoms with Gasteiger partial charge >= 0.3 is 0 Å². The first-order valence-corrected chi connectivity index (χ1v) is 7.40. The molecule has 2 aromatic rings. The monoisotopic (exact) mass is 297 g/mol. The van der Waals surface area contributed by atoms with Crippen LogP contribution in [-0.2, 0) is 18.0 Å². The minimum absolute atomic E-state index is 0.0646. The fourth-order valence-corrected chi connectivity index (χ4v) is 3.21. The molecule has 0 radical (unpaired) electrons. The summed E-state index contributed by atoms with van der Waals surface area (Å²) in [6.45, 7) is 6.16. The number of hydrogen-bond donors (Lipinski definition) is 0. The molecule has 0 aliphatic heterocycles.